The van der Waals surface area contributed by atoms with Gasteiger partial charge in [0, 0.05) is 25.2 Å². The molecule has 1 aromatic carbocycles. The van der Waals surface area contributed by atoms with Crippen LogP contribution in [0.4, 0.5) is 5.69 Å². The molecule has 0 saturated carbocycles. The second-order valence-corrected chi connectivity index (χ2v) is 6.73. The SMILES string of the molecule is CCOc1ccccc1NC(=O)C(C)N1CCC(NC(C)C)CC1. The minimum Gasteiger partial charge on any atom is -0.492 e. The molecule has 5 nitrogen and oxygen atoms in total. The minimum atomic E-state index is -0.139. The van der Waals surface area contributed by atoms with Crippen LogP contribution in [0.5, 0.6) is 5.75 Å². The second kappa shape index (κ2) is 9.04. The molecule has 1 heterocycles. The molecule has 1 fully saturated rings. The first-order valence-corrected chi connectivity index (χ1v) is 9.04. The third kappa shape index (κ3) is 5.21. The summed E-state index contributed by atoms with van der Waals surface area (Å²) >= 11 is 0. The van der Waals surface area contributed by atoms with E-state index in [0.29, 0.717) is 18.7 Å². The van der Waals surface area contributed by atoms with Crippen molar-refractivity contribution in [3.8, 4) is 5.75 Å². The van der Waals surface area contributed by atoms with Crippen LogP contribution in [0, 0.1) is 0 Å². The van der Waals surface area contributed by atoms with Gasteiger partial charge in [-0.2, -0.15) is 0 Å². The highest BCUT2D eigenvalue weighted by molar-refractivity contribution is 5.95. The Morgan fingerprint density at radius 2 is 1.92 bits per heavy atom. The van der Waals surface area contributed by atoms with Gasteiger partial charge in [-0.1, -0.05) is 26.0 Å². The van der Waals surface area contributed by atoms with Crippen LogP contribution in [0.3, 0.4) is 0 Å². The zero-order valence-electron chi connectivity index (χ0n) is 15.3. The summed E-state index contributed by atoms with van der Waals surface area (Å²) < 4.78 is 5.58. The van der Waals surface area contributed by atoms with Crippen LogP contribution in [0.25, 0.3) is 0 Å². The molecule has 2 rings (SSSR count). The van der Waals surface area contributed by atoms with Gasteiger partial charge in [-0.3, -0.25) is 9.69 Å². The fourth-order valence-corrected chi connectivity index (χ4v) is 3.18. The van der Waals surface area contributed by atoms with E-state index < -0.39 is 0 Å². The summed E-state index contributed by atoms with van der Waals surface area (Å²) in [6, 6.07) is 8.52. The summed E-state index contributed by atoms with van der Waals surface area (Å²) in [7, 11) is 0. The first-order chi connectivity index (χ1) is 11.5. The standard InChI is InChI=1S/C19H31N3O2/c1-5-24-18-9-7-6-8-17(18)21-19(23)15(4)22-12-10-16(11-13-22)20-14(2)3/h6-9,14-16,20H,5,10-13H2,1-4H3,(H,21,23). The number of anilines is 1. The van der Waals surface area contributed by atoms with Gasteiger partial charge in [-0.25, -0.2) is 0 Å². The van der Waals surface area contributed by atoms with Crippen LogP contribution in [-0.4, -0.2) is 48.6 Å². The van der Waals surface area contributed by atoms with E-state index in [2.05, 4.69) is 29.4 Å². The third-order valence-electron chi connectivity index (χ3n) is 4.47. The van der Waals surface area contributed by atoms with Crippen LogP contribution in [0.15, 0.2) is 24.3 Å². The summed E-state index contributed by atoms with van der Waals surface area (Å²) in [5.74, 6) is 0.748. The number of nitrogens with zero attached hydrogens (tertiary/aromatic N) is 1. The molecule has 1 aliphatic heterocycles. The molecular formula is C19H31N3O2. The van der Waals surface area contributed by atoms with Gasteiger partial charge in [-0.05, 0) is 38.8 Å². The Morgan fingerprint density at radius 3 is 2.54 bits per heavy atom. The Hall–Kier alpha value is -1.59. The molecule has 1 atom stereocenters. The Labute approximate surface area is 145 Å². The van der Waals surface area contributed by atoms with Crippen molar-refractivity contribution in [2.75, 3.05) is 25.0 Å². The molecule has 1 aromatic rings. The lowest BCUT2D eigenvalue weighted by atomic mass is 10.0. The van der Waals surface area contributed by atoms with Crippen molar-refractivity contribution in [1.82, 2.24) is 10.2 Å². The summed E-state index contributed by atoms with van der Waals surface area (Å²) in [5, 5.41) is 6.60. The van der Waals surface area contributed by atoms with E-state index in [1.165, 1.54) is 0 Å². The molecule has 0 spiro atoms. The van der Waals surface area contributed by atoms with Crippen molar-refractivity contribution in [2.45, 2.75) is 58.7 Å². The molecule has 1 amide bonds. The zero-order chi connectivity index (χ0) is 17.5. The Kier molecular flexibility index (Phi) is 7.06. The monoisotopic (exact) mass is 333 g/mol. The van der Waals surface area contributed by atoms with Gasteiger partial charge in [-0.15, -0.1) is 0 Å². The number of benzene rings is 1. The van der Waals surface area contributed by atoms with Crippen molar-refractivity contribution < 1.29 is 9.53 Å². The summed E-state index contributed by atoms with van der Waals surface area (Å²) in [4.78, 5) is 14.9. The normalized spacial score (nSPS) is 17.7. The van der Waals surface area contributed by atoms with Crippen molar-refractivity contribution in [3.63, 3.8) is 0 Å². The fraction of sp³-hybridized carbons (Fsp3) is 0.632. The van der Waals surface area contributed by atoms with Crippen molar-refractivity contribution >= 4 is 11.6 Å². The van der Waals surface area contributed by atoms with Gasteiger partial charge in [0.2, 0.25) is 5.91 Å². The molecule has 0 radical (unpaired) electrons. The molecule has 2 N–H and O–H groups in total. The highest BCUT2D eigenvalue weighted by Crippen LogP contribution is 2.24. The van der Waals surface area contributed by atoms with Gasteiger partial charge < -0.3 is 15.4 Å². The number of nitrogens with one attached hydrogen (secondary N) is 2. The predicted molar refractivity (Wildman–Crippen MR) is 98.6 cm³/mol. The second-order valence-electron chi connectivity index (χ2n) is 6.73. The average molecular weight is 333 g/mol. The molecule has 0 aromatic heterocycles. The Balaban J connectivity index is 1.89. The van der Waals surface area contributed by atoms with E-state index in [-0.39, 0.29) is 11.9 Å². The number of carbonyl (C=O) groups excluding carboxylic acids is 1. The highest BCUT2D eigenvalue weighted by atomic mass is 16.5. The number of carbonyl (C=O) groups is 1. The van der Waals surface area contributed by atoms with E-state index in [4.69, 9.17) is 4.74 Å². The molecule has 5 heteroatoms. The number of likely N-dealkylation sites (tertiary alicyclic amines) is 1. The van der Waals surface area contributed by atoms with Gasteiger partial charge >= 0.3 is 0 Å². The lowest BCUT2D eigenvalue weighted by molar-refractivity contribution is -0.121. The molecule has 0 aliphatic carbocycles. The molecule has 134 valence electrons. The summed E-state index contributed by atoms with van der Waals surface area (Å²) in [6.45, 7) is 10.8. The first kappa shape index (κ1) is 18.7. The van der Waals surface area contributed by atoms with Gasteiger partial charge in [0.25, 0.3) is 0 Å². The molecule has 0 bridgehead atoms. The third-order valence-corrected chi connectivity index (χ3v) is 4.47. The predicted octanol–water partition coefficient (Wildman–Crippen LogP) is 2.87. The van der Waals surface area contributed by atoms with E-state index in [0.717, 1.165) is 37.4 Å². The maximum Gasteiger partial charge on any atom is 0.241 e. The van der Waals surface area contributed by atoms with E-state index >= 15 is 0 Å². The van der Waals surface area contributed by atoms with Gasteiger partial charge in [0.05, 0.1) is 18.3 Å². The number of piperidine rings is 1. The smallest absolute Gasteiger partial charge is 0.241 e. The average Bonchev–Trinajstić information content (AvgIpc) is 2.56. The van der Waals surface area contributed by atoms with Gasteiger partial charge in [0.1, 0.15) is 5.75 Å². The van der Waals surface area contributed by atoms with Crippen molar-refractivity contribution in [3.05, 3.63) is 24.3 Å². The maximum absolute atomic E-state index is 12.6. The zero-order valence-corrected chi connectivity index (χ0v) is 15.3. The van der Waals surface area contributed by atoms with E-state index in [9.17, 15) is 4.79 Å². The Morgan fingerprint density at radius 1 is 1.25 bits per heavy atom. The van der Waals surface area contributed by atoms with E-state index in [1.54, 1.807) is 0 Å². The quantitative estimate of drug-likeness (QED) is 0.806. The highest BCUT2D eigenvalue weighted by Gasteiger charge is 2.27. The molecule has 1 saturated heterocycles. The lowest BCUT2D eigenvalue weighted by Crippen LogP contribution is -2.50. The largest absolute Gasteiger partial charge is 0.492 e. The van der Waals surface area contributed by atoms with Crippen LogP contribution < -0.4 is 15.4 Å². The van der Waals surface area contributed by atoms with Gasteiger partial charge in [0.15, 0.2) is 0 Å². The van der Waals surface area contributed by atoms with Crippen molar-refractivity contribution in [2.24, 2.45) is 0 Å². The number of amides is 1. The number of para-hydroxylation sites is 2. The fourth-order valence-electron chi connectivity index (χ4n) is 3.18. The van der Waals surface area contributed by atoms with Crippen LogP contribution in [-0.2, 0) is 4.79 Å². The lowest BCUT2D eigenvalue weighted by Gasteiger charge is -2.36. The Bertz CT molecular complexity index is 525. The topological polar surface area (TPSA) is 53.6 Å². The number of hydrogen-bond acceptors (Lipinski definition) is 4. The van der Waals surface area contributed by atoms with Crippen LogP contribution in [0.2, 0.25) is 0 Å². The molecule has 1 aliphatic rings. The summed E-state index contributed by atoms with van der Waals surface area (Å²) in [6.07, 6.45) is 2.18. The van der Waals surface area contributed by atoms with Crippen LogP contribution in [0.1, 0.15) is 40.5 Å². The number of rotatable bonds is 7. The molecular weight excluding hydrogens is 302 g/mol. The van der Waals surface area contributed by atoms with E-state index in [1.807, 2.05) is 38.1 Å². The number of ether oxygens (including phenoxy) is 1. The number of hydrogen-bond donors (Lipinski definition) is 2. The maximum atomic E-state index is 12.6. The van der Waals surface area contributed by atoms with Crippen molar-refractivity contribution in [1.29, 1.82) is 0 Å². The minimum absolute atomic E-state index is 0.0254. The first-order valence-electron chi connectivity index (χ1n) is 9.04. The molecule has 1 unspecified atom stereocenters. The summed E-state index contributed by atoms with van der Waals surface area (Å²) in [5.41, 5.74) is 0.743. The molecule has 24 heavy (non-hydrogen) atoms. The van der Waals surface area contributed by atoms with Crippen LogP contribution >= 0.6 is 0 Å².